The van der Waals surface area contributed by atoms with Gasteiger partial charge in [0, 0.05) is 18.4 Å². The minimum atomic E-state index is -0.662. The van der Waals surface area contributed by atoms with Crippen LogP contribution in [0.2, 0.25) is 0 Å². The van der Waals surface area contributed by atoms with Crippen LogP contribution in [0.1, 0.15) is 18.4 Å². The second-order valence-electron chi connectivity index (χ2n) is 4.45. The van der Waals surface area contributed by atoms with E-state index in [1.807, 2.05) is 0 Å². The van der Waals surface area contributed by atoms with Gasteiger partial charge >= 0.3 is 6.09 Å². The summed E-state index contributed by atoms with van der Waals surface area (Å²) in [5.74, 6) is -0.304. The lowest BCUT2D eigenvalue weighted by atomic mass is 9.83. The molecule has 1 aromatic rings. The Hall–Kier alpha value is -1.33. The Bertz CT molecular complexity index is 475. The van der Waals surface area contributed by atoms with Gasteiger partial charge in [0.1, 0.15) is 11.4 Å². The van der Waals surface area contributed by atoms with Crippen LogP contribution in [-0.2, 0) is 10.3 Å². The maximum absolute atomic E-state index is 13.3. The quantitative estimate of drug-likeness (QED) is 0.762. The summed E-state index contributed by atoms with van der Waals surface area (Å²) in [5, 5.41) is 5.82. The summed E-state index contributed by atoms with van der Waals surface area (Å²) < 4.78 is 18.8. The van der Waals surface area contributed by atoms with E-state index in [4.69, 9.17) is 4.74 Å². The molecule has 0 saturated carbocycles. The number of carbonyl (C=O) groups excluding carboxylic acids is 1. The van der Waals surface area contributed by atoms with Gasteiger partial charge in [0.15, 0.2) is 0 Å². The van der Waals surface area contributed by atoms with Crippen LogP contribution in [0.3, 0.4) is 0 Å². The molecule has 0 atom stereocenters. The number of carbonyl (C=O) groups is 1. The molecule has 2 N–H and O–H groups in total. The first-order chi connectivity index (χ1) is 8.20. The highest BCUT2D eigenvalue weighted by Crippen LogP contribution is 2.42. The predicted octanol–water partition coefficient (Wildman–Crippen LogP) is 2.39. The molecule has 98 valence electrons. The number of piperidine rings is 1. The Morgan fingerprint density at radius 2 is 2.00 bits per heavy atom. The van der Waals surface area contributed by atoms with Crippen LogP contribution in [0.15, 0.2) is 18.2 Å². The third-order valence-electron chi connectivity index (χ3n) is 3.41. The zero-order valence-electron chi connectivity index (χ0n) is 9.66. The lowest BCUT2D eigenvalue weighted by Gasteiger charge is -2.41. The number of hydrogen-bond acceptors (Lipinski definition) is 3. The van der Waals surface area contributed by atoms with Crippen molar-refractivity contribution in [2.45, 2.75) is 18.4 Å². The van der Waals surface area contributed by atoms with E-state index in [0.29, 0.717) is 18.5 Å². The molecule has 0 unspecified atom stereocenters. The fourth-order valence-electron chi connectivity index (χ4n) is 2.57. The molecule has 0 radical (unpaired) electrons. The molecular weight excluding hydrogens is 259 g/mol. The topological polar surface area (TPSA) is 50.4 Å². The van der Waals surface area contributed by atoms with Gasteiger partial charge in [0.05, 0.1) is 5.69 Å². The minimum Gasteiger partial charge on any atom is -0.438 e. The molecular formula is C12H14ClFN2O2. The number of amides is 1. The molecule has 18 heavy (non-hydrogen) atoms. The summed E-state index contributed by atoms with van der Waals surface area (Å²) in [7, 11) is 0. The number of halogens is 2. The fourth-order valence-corrected chi connectivity index (χ4v) is 2.57. The summed E-state index contributed by atoms with van der Waals surface area (Å²) >= 11 is 0. The van der Waals surface area contributed by atoms with Crippen molar-refractivity contribution in [1.29, 1.82) is 0 Å². The Morgan fingerprint density at radius 1 is 1.28 bits per heavy atom. The SMILES string of the molecule is Cl.O=C1Nc2ccc(F)cc2C2(CCNCC2)O1. The van der Waals surface area contributed by atoms with Gasteiger partial charge < -0.3 is 10.1 Å². The van der Waals surface area contributed by atoms with Crippen molar-refractivity contribution >= 4 is 24.2 Å². The van der Waals surface area contributed by atoms with Crippen molar-refractivity contribution in [1.82, 2.24) is 5.32 Å². The molecule has 2 aliphatic heterocycles. The Balaban J connectivity index is 0.00000120. The van der Waals surface area contributed by atoms with Crippen LogP contribution in [0, 0.1) is 5.82 Å². The molecule has 1 spiro atoms. The second-order valence-corrected chi connectivity index (χ2v) is 4.45. The molecule has 0 aromatic heterocycles. The van der Waals surface area contributed by atoms with Crippen LogP contribution >= 0.6 is 12.4 Å². The first kappa shape index (κ1) is 13.1. The summed E-state index contributed by atoms with van der Waals surface area (Å²) in [4.78, 5) is 11.5. The average molecular weight is 273 g/mol. The van der Waals surface area contributed by atoms with Gasteiger partial charge in [-0.25, -0.2) is 9.18 Å². The largest absolute Gasteiger partial charge is 0.438 e. The van der Waals surface area contributed by atoms with Crippen molar-refractivity contribution < 1.29 is 13.9 Å². The van der Waals surface area contributed by atoms with Crippen molar-refractivity contribution in [3.8, 4) is 0 Å². The number of nitrogens with one attached hydrogen (secondary N) is 2. The summed E-state index contributed by atoms with van der Waals surface area (Å²) in [6.45, 7) is 1.53. The van der Waals surface area contributed by atoms with Crippen molar-refractivity contribution in [2.24, 2.45) is 0 Å². The Morgan fingerprint density at radius 3 is 2.72 bits per heavy atom. The second kappa shape index (κ2) is 4.74. The standard InChI is InChI=1S/C12H13FN2O2.ClH/c13-8-1-2-10-9(7-8)12(17-11(16)15-10)3-5-14-6-4-12;/h1-2,7,14H,3-6H2,(H,15,16);1H. The van der Waals surface area contributed by atoms with Gasteiger partial charge in [0.25, 0.3) is 0 Å². The van der Waals surface area contributed by atoms with E-state index in [-0.39, 0.29) is 18.2 Å². The third kappa shape index (κ3) is 2.04. The van der Waals surface area contributed by atoms with Crippen LogP contribution in [0.4, 0.5) is 14.9 Å². The first-order valence-corrected chi connectivity index (χ1v) is 5.70. The summed E-state index contributed by atoms with van der Waals surface area (Å²) in [6, 6.07) is 4.40. The molecule has 1 aromatic carbocycles. The van der Waals surface area contributed by atoms with Gasteiger partial charge in [-0.05, 0) is 31.3 Å². The van der Waals surface area contributed by atoms with E-state index in [9.17, 15) is 9.18 Å². The minimum absolute atomic E-state index is 0. The number of ether oxygens (including phenoxy) is 1. The number of fused-ring (bicyclic) bond motifs is 2. The highest BCUT2D eigenvalue weighted by atomic mass is 35.5. The van der Waals surface area contributed by atoms with E-state index in [2.05, 4.69) is 10.6 Å². The first-order valence-electron chi connectivity index (χ1n) is 5.70. The summed E-state index contributed by atoms with van der Waals surface area (Å²) in [6.07, 6.45) is 0.902. The lowest BCUT2D eigenvalue weighted by Crippen LogP contribution is -2.46. The number of benzene rings is 1. The van der Waals surface area contributed by atoms with Crippen molar-refractivity contribution in [3.05, 3.63) is 29.6 Å². The van der Waals surface area contributed by atoms with Crippen LogP contribution in [-0.4, -0.2) is 19.2 Å². The Kier molecular flexibility index (Phi) is 3.45. The van der Waals surface area contributed by atoms with Crippen LogP contribution < -0.4 is 10.6 Å². The highest BCUT2D eigenvalue weighted by molar-refractivity contribution is 5.88. The van der Waals surface area contributed by atoms with E-state index in [1.165, 1.54) is 12.1 Å². The highest BCUT2D eigenvalue weighted by Gasteiger charge is 2.43. The lowest BCUT2D eigenvalue weighted by molar-refractivity contribution is -0.0128. The monoisotopic (exact) mass is 272 g/mol. The maximum atomic E-state index is 13.3. The molecule has 1 fully saturated rings. The molecule has 4 nitrogen and oxygen atoms in total. The van der Waals surface area contributed by atoms with Crippen LogP contribution in [0.25, 0.3) is 0 Å². The molecule has 3 rings (SSSR count). The molecule has 1 amide bonds. The number of hydrogen-bond donors (Lipinski definition) is 2. The smallest absolute Gasteiger partial charge is 0.412 e. The van der Waals surface area contributed by atoms with Gasteiger partial charge in [-0.1, -0.05) is 0 Å². The molecule has 0 aliphatic carbocycles. The zero-order chi connectivity index (χ0) is 11.9. The number of rotatable bonds is 0. The zero-order valence-corrected chi connectivity index (χ0v) is 10.5. The normalized spacial score (nSPS) is 20.4. The van der Waals surface area contributed by atoms with Gasteiger partial charge in [-0.15, -0.1) is 12.4 Å². The average Bonchev–Trinajstić information content (AvgIpc) is 2.31. The van der Waals surface area contributed by atoms with E-state index < -0.39 is 11.7 Å². The third-order valence-corrected chi connectivity index (χ3v) is 3.41. The molecule has 2 aliphatic rings. The Labute approximate surface area is 110 Å². The molecule has 1 saturated heterocycles. The van der Waals surface area contributed by atoms with Gasteiger partial charge in [0.2, 0.25) is 0 Å². The van der Waals surface area contributed by atoms with Crippen LogP contribution in [0.5, 0.6) is 0 Å². The van der Waals surface area contributed by atoms with E-state index in [1.54, 1.807) is 6.07 Å². The van der Waals surface area contributed by atoms with Crippen molar-refractivity contribution in [3.63, 3.8) is 0 Å². The molecule has 6 heteroatoms. The van der Waals surface area contributed by atoms with E-state index in [0.717, 1.165) is 18.7 Å². The van der Waals surface area contributed by atoms with Gasteiger partial charge in [-0.2, -0.15) is 0 Å². The number of anilines is 1. The van der Waals surface area contributed by atoms with E-state index >= 15 is 0 Å². The predicted molar refractivity (Wildman–Crippen MR) is 67.5 cm³/mol. The summed E-state index contributed by atoms with van der Waals surface area (Å²) in [5.41, 5.74) is 0.744. The molecule has 2 heterocycles. The molecule has 0 bridgehead atoms. The van der Waals surface area contributed by atoms with Crippen molar-refractivity contribution in [2.75, 3.05) is 18.4 Å². The maximum Gasteiger partial charge on any atom is 0.412 e. The van der Waals surface area contributed by atoms with Gasteiger partial charge in [-0.3, -0.25) is 5.32 Å². The fraction of sp³-hybridized carbons (Fsp3) is 0.417.